The number of amides is 1. The van der Waals surface area contributed by atoms with Crippen LogP contribution in [0.1, 0.15) is 20.7 Å². The number of pyridine rings is 1. The second-order valence-electron chi connectivity index (χ2n) is 3.94. The Bertz CT molecular complexity index is 611. The van der Waals surface area contributed by atoms with Gasteiger partial charge in [-0.3, -0.25) is 9.69 Å². The molecule has 0 saturated carbocycles. The topological polar surface area (TPSA) is 70.5 Å². The Morgan fingerprint density at radius 2 is 1.84 bits per heavy atom. The Balaban J connectivity index is 2.29. The van der Waals surface area contributed by atoms with Gasteiger partial charge in [-0.2, -0.15) is 0 Å². The van der Waals surface area contributed by atoms with Crippen LogP contribution < -0.4 is 4.90 Å². The zero-order chi connectivity index (χ0) is 13.8. The van der Waals surface area contributed by atoms with Gasteiger partial charge < -0.3 is 5.11 Å². The highest BCUT2D eigenvalue weighted by Gasteiger charge is 2.15. The highest BCUT2D eigenvalue weighted by atomic mass is 16.4. The lowest BCUT2D eigenvalue weighted by molar-refractivity contribution is 0.0697. The lowest BCUT2D eigenvalue weighted by Gasteiger charge is -2.16. The van der Waals surface area contributed by atoms with Gasteiger partial charge in [0.15, 0.2) is 0 Å². The molecule has 0 atom stereocenters. The van der Waals surface area contributed by atoms with Gasteiger partial charge in [-0.15, -0.1) is 0 Å². The fourth-order valence-electron chi connectivity index (χ4n) is 1.64. The van der Waals surface area contributed by atoms with Crippen LogP contribution in [0.2, 0.25) is 0 Å². The van der Waals surface area contributed by atoms with Gasteiger partial charge in [-0.05, 0) is 30.3 Å². The third-order valence-corrected chi connectivity index (χ3v) is 2.65. The summed E-state index contributed by atoms with van der Waals surface area (Å²) in [5.74, 6) is -0.856. The summed E-state index contributed by atoms with van der Waals surface area (Å²) in [7, 11) is 1.60. The molecule has 2 rings (SSSR count). The molecular formula is C14H12N2O3. The van der Waals surface area contributed by atoms with Gasteiger partial charge in [0, 0.05) is 18.8 Å². The molecule has 5 heteroatoms. The number of benzene rings is 1. The quantitative estimate of drug-likeness (QED) is 0.912. The Hall–Kier alpha value is -2.69. The molecule has 0 unspecified atom stereocenters. The SMILES string of the molecule is CN(C(=O)c1cccc(C(=O)O)c1)c1ccccn1. The molecule has 1 heterocycles. The van der Waals surface area contributed by atoms with Crippen molar-refractivity contribution in [3.63, 3.8) is 0 Å². The average molecular weight is 256 g/mol. The predicted octanol–water partition coefficient (Wildman–Crippen LogP) is 2.06. The molecule has 0 radical (unpaired) electrons. The van der Waals surface area contributed by atoms with E-state index >= 15 is 0 Å². The fourth-order valence-corrected chi connectivity index (χ4v) is 1.64. The largest absolute Gasteiger partial charge is 0.478 e. The van der Waals surface area contributed by atoms with Crippen LogP contribution in [0.5, 0.6) is 0 Å². The third kappa shape index (κ3) is 2.77. The number of hydrogen-bond donors (Lipinski definition) is 1. The Kier molecular flexibility index (Phi) is 3.56. The van der Waals surface area contributed by atoms with E-state index in [1.54, 1.807) is 43.6 Å². The van der Waals surface area contributed by atoms with Crippen molar-refractivity contribution < 1.29 is 14.7 Å². The second-order valence-corrected chi connectivity index (χ2v) is 3.94. The predicted molar refractivity (Wildman–Crippen MR) is 70.4 cm³/mol. The molecule has 5 nitrogen and oxygen atoms in total. The van der Waals surface area contributed by atoms with Crippen molar-refractivity contribution in [2.24, 2.45) is 0 Å². The van der Waals surface area contributed by atoms with E-state index in [1.165, 1.54) is 17.0 Å². The van der Waals surface area contributed by atoms with Gasteiger partial charge in [0.05, 0.1) is 5.56 Å². The molecule has 1 aromatic heterocycles. The summed E-state index contributed by atoms with van der Waals surface area (Å²) in [6.07, 6.45) is 1.59. The number of anilines is 1. The van der Waals surface area contributed by atoms with Gasteiger partial charge in [0.25, 0.3) is 5.91 Å². The summed E-state index contributed by atoms with van der Waals surface area (Å²) in [4.78, 5) is 28.5. The van der Waals surface area contributed by atoms with Gasteiger partial charge in [-0.1, -0.05) is 12.1 Å². The van der Waals surface area contributed by atoms with Crippen LogP contribution in [0, 0.1) is 0 Å². The molecule has 0 aliphatic heterocycles. The second kappa shape index (κ2) is 5.30. The maximum atomic E-state index is 12.2. The smallest absolute Gasteiger partial charge is 0.335 e. The number of aromatic carboxylic acids is 1. The first-order chi connectivity index (χ1) is 9.09. The number of aromatic nitrogens is 1. The normalized spacial score (nSPS) is 9.95. The number of rotatable bonds is 3. The van der Waals surface area contributed by atoms with E-state index in [-0.39, 0.29) is 11.5 Å². The van der Waals surface area contributed by atoms with Crippen LogP contribution in [0.4, 0.5) is 5.82 Å². The minimum absolute atomic E-state index is 0.0836. The van der Waals surface area contributed by atoms with Crippen LogP contribution in [-0.4, -0.2) is 29.0 Å². The summed E-state index contributed by atoms with van der Waals surface area (Å²) in [6.45, 7) is 0. The van der Waals surface area contributed by atoms with Crippen LogP contribution in [0.3, 0.4) is 0 Å². The van der Waals surface area contributed by atoms with Gasteiger partial charge in [-0.25, -0.2) is 9.78 Å². The first-order valence-corrected chi connectivity index (χ1v) is 5.62. The zero-order valence-corrected chi connectivity index (χ0v) is 10.3. The summed E-state index contributed by atoms with van der Waals surface area (Å²) in [5.41, 5.74) is 0.397. The van der Waals surface area contributed by atoms with Crippen molar-refractivity contribution in [2.75, 3.05) is 11.9 Å². The van der Waals surface area contributed by atoms with Gasteiger partial charge in [0.1, 0.15) is 5.82 Å². The van der Waals surface area contributed by atoms with E-state index in [9.17, 15) is 9.59 Å². The number of carbonyl (C=O) groups is 2. The molecule has 0 aliphatic carbocycles. The standard InChI is InChI=1S/C14H12N2O3/c1-16(12-7-2-3-8-15-12)13(17)10-5-4-6-11(9-10)14(18)19/h2-9H,1H3,(H,18,19). The zero-order valence-electron chi connectivity index (χ0n) is 10.3. The van der Waals surface area contributed by atoms with Gasteiger partial charge in [0.2, 0.25) is 0 Å². The first kappa shape index (κ1) is 12.8. The number of hydrogen-bond acceptors (Lipinski definition) is 3. The highest BCUT2D eigenvalue weighted by Crippen LogP contribution is 2.13. The van der Waals surface area contributed by atoms with Crippen LogP contribution in [-0.2, 0) is 0 Å². The molecule has 19 heavy (non-hydrogen) atoms. The number of carboxylic acids is 1. The molecule has 0 saturated heterocycles. The maximum Gasteiger partial charge on any atom is 0.335 e. The van der Waals surface area contributed by atoms with Crippen molar-refractivity contribution in [2.45, 2.75) is 0 Å². The summed E-state index contributed by atoms with van der Waals surface area (Å²) in [6, 6.07) is 11.2. The van der Waals surface area contributed by atoms with E-state index < -0.39 is 5.97 Å². The molecular weight excluding hydrogens is 244 g/mol. The molecule has 0 fully saturated rings. The third-order valence-electron chi connectivity index (χ3n) is 2.65. The summed E-state index contributed by atoms with van der Waals surface area (Å²) >= 11 is 0. The molecule has 1 aromatic carbocycles. The lowest BCUT2D eigenvalue weighted by atomic mass is 10.1. The Labute approximate surface area is 110 Å². The minimum Gasteiger partial charge on any atom is -0.478 e. The maximum absolute atomic E-state index is 12.2. The molecule has 96 valence electrons. The first-order valence-electron chi connectivity index (χ1n) is 5.62. The Morgan fingerprint density at radius 1 is 1.11 bits per heavy atom. The fraction of sp³-hybridized carbons (Fsp3) is 0.0714. The minimum atomic E-state index is -1.06. The molecule has 0 bridgehead atoms. The molecule has 0 spiro atoms. The number of carbonyl (C=O) groups excluding carboxylic acids is 1. The van der Waals surface area contributed by atoms with Crippen LogP contribution in [0.15, 0.2) is 48.7 Å². The molecule has 2 aromatic rings. The van der Waals surface area contributed by atoms with E-state index in [0.29, 0.717) is 11.4 Å². The van der Waals surface area contributed by atoms with Crippen molar-refractivity contribution in [3.8, 4) is 0 Å². The number of nitrogens with zero attached hydrogens (tertiary/aromatic N) is 2. The van der Waals surface area contributed by atoms with Crippen LogP contribution in [0.25, 0.3) is 0 Å². The summed E-state index contributed by atoms with van der Waals surface area (Å²) in [5, 5.41) is 8.91. The van der Waals surface area contributed by atoms with E-state index in [4.69, 9.17) is 5.11 Å². The van der Waals surface area contributed by atoms with E-state index in [2.05, 4.69) is 4.98 Å². The number of carboxylic acid groups (broad SMARTS) is 1. The Morgan fingerprint density at radius 3 is 2.47 bits per heavy atom. The van der Waals surface area contributed by atoms with E-state index in [0.717, 1.165) is 0 Å². The molecule has 1 amide bonds. The lowest BCUT2D eigenvalue weighted by Crippen LogP contribution is -2.27. The van der Waals surface area contributed by atoms with Crippen LogP contribution >= 0.6 is 0 Å². The summed E-state index contributed by atoms with van der Waals surface area (Å²) < 4.78 is 0. The monoisotopic (exact) mass is 256 g/mol. The van der Waals surface area contributed by atoms with Crippen molar-refractivity contribution in [1.82, 2.24) is 4.98 Å². The molecule has 0 aliphatic rings. The van der Waals surface area contributed by atoms with Gasteiger partial charge >= 0.3 is 5.97 Å². The highest BCUT2D eigenvalue weighted by molar-refractivity contribution is 6.06. The van der Waals surface area contributed by atoms with Crippen molar-refractivity contribution in [1.29, 1.82) is 0 Å². The van der Waals surface area contributed by atoms with Crippen molar-refractivity contribution in [3.05, 3.63) is 59.8 Å². The van der Waals surface area contributed by atoms with E-state index in [1.807, 2.05) is 0 Å². The molecule has 1 N–H and O–H groups in total. The van der Waals surface area contributed by atoms with Crippen molar-refractivity contribution >= 4 is 17.7 Å². The average Bonchev–Trinajstić information content (AvgIpc) is 2.46.